The average Bonchev–Trinajstić information content (AvgIpc) is 3.53. The second kappa shape index (κ2) is 7.88. The van der Waals surface area contributed by atoms with Crippen molar-refractivity contribution in [3.63, 3.8) is 0 Å². The van der Waals surface area contributed by atoms with Crippen LogP contribution < -0.4 is 10.6 Å². The molecule has 0 spiro atoms. The normalized spacial score (nSPS) is 13.2. The maximum Gasteiger partial charge on any atom is 0.259 e. The Labute approximate surface area is 182 Å². The van der Waals surface area contributed by atoms with Gasteiger partial charge >= 0.3 is 0 Å². The number of hydrogen-bond donors (Lipinski definition) is 2. The number of carbonyl (C=O) groups is 2. The molecule has 7 nitrogen and oxygen atoms in total. The van der Waals surface area contributed by atoms with Crippen LogP contribution in [-0.2, 0) is 0 Å². The molecule has 0 aliphatic heterocycles. The maximum atomic E-state index is 13.3. The molecule has 2 heterocycles. The topological polar surface area (TPSA) is 97.1 Å². The van der Waals surface area contributed by atoms with Crippen molar-refractivity contribution in [2.75, 3.05) is 5.32 Å². The predicted molar refractivity (Wildman–Crippen MR) is 117 cm³/mol. The predicted octanol–water partition coefficient (Wildman–Crippen LogP) is 4.48. The van der Waals surface area contributed by atoms with Gasteiger partial charge < -0.3 is 15.2 Å². The summed E-state index contributed by atoms with van der Waals surface area (Å²) < 4.78 is 18.6. The molecular formula is C24H19FN4O3. The van der Waals surface area contributed by atoms with Crippen molar-refractivity contribution in [3.05, 3.63) is 77.2 Å². The quantitative estimate of drug-likeness (QED) is 0.487. The Hall–Kier alpha value is -4.07. The molecule has 0 unspecified atom stereocenters. The summed E-state index contributed by atoms with van der Waals surface area (Å²) >= 11 is 0. The van der Waals surface area contributed by atoms with Gasteiger partial charge in [0.2, 0.25) is 0 Å². The van der Waals surface area contributed by atoms with Crippen LogP contribution in [-0.4, -0.2) is 28.0 Å². The second-order valence-electron chi connectivity index (χ2n) is 7.79. The van der Waals surface area contributed by atoms with Gasteiger partial charge in [0, 0.05) is 22.9 Å². The van der Waals surface area contributed by atoms with Gasteiger partial charge in [-0.05, 0) is 68.3 Å². The Kier molecular flexibility index (Phi) is 4.89. The molecule has 0 saturated heterocycles. The first-order valence-corrected chi connectivity index (χ1v) is 10.2. The van der Waals surface area contributed by atoms with E-state index < -0.39 is 5.91 Å². The number of nitrogens with zero attached hydrogens (tertiary/aromatic N) is 2. The largest absolute Gasteiger partial charge is 0.349 e. The van der Waals surface area contributed by atoms with Gasteiger partial charge in [0.15, 0.2) is 0 Å². The minimum absolute atomic E-state index is 0.164. The minimum atomic E-state index is -0.396. The zero-order chi connectivity index (χ0) is 22.2. The van der Waals surface area contributed by atoms with Crippen LogP contribution in [0, 0.1) is 12.7 Å². The maximum absolute atomic E-state index is 13.3. The number of aromatic nitrogens is 2. The molecule has 160 valence electrons. The summed E-state index contributed by atoms with van der Waals surface area (Å²) in [6.45, 7) is 1.73. The molecular weight excluding hydrogens is 411 g/mol. The van der Waals surface area contributed by atoms with Crippen LogP contribution in [0.1, 0.15) is 39.3 Å². The molecule has 8 heteroatoms. The number of anilines is 1. The molecule has 2 aromatic carbocycles. The van der Waals surface area contributed by atoms with Crippen molar-refractivity contribution >= 4 is 28.6 Å². The number of fused-ring (bicyclic) bond motifs is 1. The number of aryl methyl sites for hydroxylation is 1. The van der Waals surface area contributed by atoms with Gasteiger partial charge in [0.25, 0.3) is 17.5 Å². The van der Waals surface area contributed by atoms with Gasteiger partial charge in [0.05, 0.1) is 22.3 Å². The first-order valence-electron chi connectivity index (χ1n) is 10.2. The Morgan fingerprint density at radius 1 is 1.06 bits per heavy atom. The van der Waals surface area contributed by atoms with E-state index in [1.165, 1.54) is 12.1 Å². The summed E-state index contributed by atoms with van der Waals surface area (Å²) in [5.74, 6) is -0.927. The van der Waals surface area contributed by atoms with Crippen molar-refractivity contribution in [2.24, 2.45) is 0 Å². The molecule has 1 aliphatic rings. The number of benzene rings is 2. The number of hydrogen-bond acceptors (Lipinski definition) is 5. The molecule has 1 fully saturated rings. The highest BCUT2D eigenvalue weighted by Crippen LogP contribution is 2.28. The number of rotatable bonds is 5. The van der Waals surface area contributed by atoms with Crippen LogP contribution in [0.2, 0.25) is 0 Å². The van der Waals surface area contributed by atoms with Crippen LogP contribution in [0.4, 0.5) is 10.1 Å². The van der Waals surface area contributed by atoms with E-state index in [1.54, 1.807) is 49.4 Å². The van der Waals surface area contributed by atoms with Crippen molar-refractivity contribution in [1.82, 2.24) is 15.5 Å². The summed E-state index contributed by atoms with van der Waals surface area (Å²) in [4.78, 5) is 30.0. The second-order valence-corrected chi connectivity index (χ2v) is 7.79. The summed E-state index contributed by atoms with van der Waals surface area (Å²) in [6.07, 6.45) is 1.99. The third-order valence-electron chi connectivity index (χ3n) is 5.30. The molecule has 4 aromatic rings. The first kappa shape index (κ1) is 19.9. The van der Waals surface area contributed by atoms with E-state index in [2.05, 4.69) is 20.8 Å². The lowest BCUT2D eigenvalue weighted by atomic mass is 10.0. The van der Waals surface area contributed by atoms with E-state index in [-0.39, 0.29) is 23.5 Å². The van der Waals surface area contributed by atoms with E-state index in [0.717, 1.165) is 12.8 Å². The fourth-order valence-corrected chi connectivity index (χ4v) is 3.48. The van der Waals surface area contributed by atoms with Gasteiger partial charge in [-0.3, -0.25) is 9.59 Å². The summed E-state index contributed by atoms with van der Waals surface area (Å²) in [5, 5.41) is 10.2. The fraction of sp³-hybridized carbons (Fsp3) is 0.167. The van der Waals surface area contributed by atoms with Crippen LogP contribution >= 0.6 is 0 Å². The number of pyridine rings is 1. The molecule has 1 aliphatic carbocycles. The molecule has 2 N–H and O–H groups in total. The van der Waals surface area contributed by atoms with E-state index in [9.17, 15) is 14.0 Å². The van der Waals surface area contributed by atoms with Crippen molar-refractivity contribution in [3.8, 4) is 11.3 Å². The number of carbonyl (C=O) groups excluding carboxylic acids is 2. The molecule has 0 bridgehead atoms. The van der Waals surface area contributed by atoms with Gasteiger partial charge in [-0.2, -0.15) is 0 Å². The standard InChI is InChI=1S/C24H19FN4O3/c1-13-21-19(12-20(28-24(21)32-29-13)14-5-7-16(25)8-6-14)23(31)27-18-4-2-3-15(11-18)22(30)26-17-9-10-17/h2-8,11-12,17H,9-10H2,1H3,(H,26,30)(H,27,31). The van der Waals surface area contributed by atoms with Crippen LogP contribution in [0.25, 0.3) is 22.4 Å². The molecule has 0 atom stereocenters. The van der Waals surface area contributed by atoms with E-state index in [0.29, 0.717) is 39.2 Å². The monoisotopic (exact) mass is 430 g/mol. The molecule has 5 rings (SSSR count). The zero-order valence-corrected chi connectivity index (χ0v) is 17.2. The highest BCUT2D eigenvalue weighted by Gasteiger charge is 2.24. The van der Waals surface area contributed by atoms with Crippen molar-refractivity contribution in [1.29, 1.82) is 0 Å². The fourth-order valence-electron chi connectivity index (χ4n) is 3.48. The summed E-state index contributed by atoms with van der Waals surface area (Å²) in [5.41, 5.74) is 3.11. The van der Waals surface area contributed by atoms with E-state index in [4.69, 9.17) is 4.52 Å². The van der Waals surface area contributed by atoms with Gasteiger partial charge in [0.1, 0.15) is 5.82 Å². The zero-order valence-electron chi connectivity index (χ0n) is 17.2. The van der Waals surface area contributed by atoms with Crippen molar-refractivity contribution in [2.45, 2.75) is 25.8 Å². The van der Waals surface area contributed by atoms with Crippen LogP contribution in [0.3, 0.4) is 0 Å². The van der Waals surface area contributed by atoms with Crippen molar-refractivity contribution < 1.29 is 18.5 Å². The van der Waals surface area contributed by atoms with Gasteiger partial charge in [-0.25, -0.2) is 9.37 Å². The third kappa shape index (κ3) is 3.94. The molecule has 1 saturated carbocycles. The smallest absolute Gasteiger partial charge is 0.259 e. The lowest BCUT2D eigenvalue weighted by Crippen LogP contribution is -2.25. The van der Waals surface area contributed by atoms with E-state index in [1.807, 2.05) is 0 Å². The minimum Gasteiger partial charge on any atom is -0.349 e. The lowest BCUT2D eigenvalue weighted by Gasteiger charge is -2.10. The average molecular weight is 430 g/mol. The van der Waals surface area contributed by atoms with Crippen LogP contribution in [0.15, 0.2) is 59.1 Å². The first-order chi connectivity index (χ1) is 15.5. The Balaban J connectivity index is 1.48. The highest BCUT2D eigenvalue weighted by atomic mass is 19.1. The molecule has 2 amide bonds. The Morgan fingerprint density at radius 2 is 1.84 bits per heavy atom. The number of halogens is 1. The SMILES string of the molecule is Cc1noc2nc(-c3ccc(F)cc3)cc(C(=O)Nc3cccc(C(=O)NC4CC4)c3)c12. The molecule has 0 radical (unpaired) electrons. The Morgan fingerprint density at radius 3 is 2.59 bits per heavy atom. The van der Waals surface area contributed by atoms with Gasteiger partial charge in [-0.15, -0.1) is 0 Å². The number of nitrogens with one attached hydrogen (secondary N) is 2. The van der Waals surface area contributed by atoms with Gasteiger partial charge in [-0.1, -0.05) is 11.2 Å². The number of amides is 2. The van der Waals surface area contributed by atoms with Crippen LogP contribution in [0.5, 0.6) is 0 Å². The lowest BCUT2D eigenvalue weighted by molar-refractivity contribution is 0.0949. The molecule has 32 heavy (non-hydrogen) atoms. The van der Waals surface area contributed by atoms with E-state index >= 15 is 0 Å². The summed E-state index contributed by atoms with van der Waals surface area (Å²) in [7, 11) is 0. The molecule has 2 aromatic heterocycles. The third-order valence-corrected chi connectivity index (χ3v) is 5.30. The highest BCUT2D eigenvalue weighted by molar-refractivity contribution is 6.13. The Bertz CT molecular complexity index is 1340. The summed E-state index contributed by atoms with van der Waals surface area (Å²) in [6, 6.07) is 14.4.